The summed E-state index contributed by atoms with van der Waals surface area (Å²) in [6.07, 6.45) is 4.92. The van der Waals surface area contributed by atoms with Crippen LogP contribution in [0.4, 0.5) is 8.78 Å². The Hall–Kier alpha value is -1.00. The van der Waals surface area contributed by atoms with E-state index in [0.29, 0.717) is 12.1 Å². The first-order valence-corrected chi connectivity index (χ1v) is 7.84. The maximum absolute atomic E-state index is 13.2. The topological polar surface area (TPSA) is 32.3 Å². The molecule has 1 aromatic carbocycles. The second-order valence-electron chi connectivity index (χ2n) is 6.35. The van der Waals surface area contributed by atoms with E-state index < -0.39 is 17.2 Å². The number of hydrogen-bond acceptors (Lipinski definition) is 2. The lowest BCUT2D eigenvalue weighted by atomic mass is 9.77. The van der Waals surface area contributed by atoms with Crippen LogP contribution in [0.2, 0.25) is 0 Å². The monoisotopic (exact) mass is 297 g/mol. The summed E-state index contributed by atoms with van der Waals surface area (Å²) in [4.78, 5) is 0. The van der Waals surface area contributed by atoms with Gasteiger partial charge in [-0.15, -0.1) is 0 Å². The van der Waals surface area contributed by atoms with Gasteiger partial charge in [-0.3, -0.25) is 0 Å². The minimum absolute atomic E-state index is 0.118. The Balaban J connectivity index is 1.88. The Bertz CT molecular complexity index is 470. The molecule has 0 saturated heterocycles. The number of aliphatic hydroxyl groups is 1. The molecule has 0 heterocycles. The molecule has 21 heavy (non-hydrogen) atoms. The summed E-state index contributed by atoms with van der Waals surface area (Å²) in [5, 5.41) is 13.8. The summed E-state index contributed by atoms with van der Waals surface area (Å²) in [6, 6.07) is 3.82. The minimum Gasteiger partial charge on any atom is -0.389 e. The predicted octanol–water partition coefficient (Wildman–Crippen LogP) is 3.95. The smallest absolute Gasteiger partial charge is 0.159 e. The first-order valence-electron chi connectivity index (χ1n) is 7.84. The van der Waals surface area contributed by atoms with Crippen molar-refractivity contribution in [3.05, 3.63) is 35.4 Å². The normalized spacial score (nSPS) is 27.6. The number of nitrogens with one attached hydrogen (secondary N) is 1. The number of benzene rings is 1. The maximum Gasteiger partial charge on any atom is 0.159 e. The molecule has 0 bridgehead atoms. The Morgan fingerprint density at radius 2 is 1.95 bits per heavy atom. The average molecular weight is 297 g/mol. The lowest BCUT2D eigenvalue weighted by Crippen LogP contribution is -2.44. The standard InChI is InChI=1S/C17H25F2NO/c1-3-13-6-8-17(21,9-7-13)11-20-12(2)14-4-5-15(18)16(19)10-14/h4-5,10,12-13,20-21H,3,6-9,11H2,1-2H3. The third-order valence-electron chi connectivity index (χ3n) is 4.79. The van der Waals surface area contributed by atoms with Crippen LogP contribution in [-0.2, 0) is 0 Å². The highest BCUT2D eigenvalue weighted by molar-refractivity contribution is 5.20. The fraction of sp³-hybridized carbons (Fsp3) is 0.647. The molecular formula is C17H25F2NO. The van der Waals surface area contributed by atoms with Crippen molar-refractivity contribution in [2.24, 2.45) is 5.92 Å². The van der Waals surface area contributed by atoms with E-state index >= 15 is 0 Å². The quantitative estimate of drug-likeness (QED) is 0.862. The summed E-state index contributed by atoms with van der Waals surface area (Å²) in [5.74, 6) is -0.931. The van der Waals surface area contributed by atoms with Gasteiger partial charge >= 0.3 is 0 Å². The highest BCUT2D eigenvalue weighted by Crippen LogP contribution is 2.33. The Morgan fingerprint density at radius 1 is 1.29 bits per heavy atom. The van der Waals surface area contributed by atoms with Gasteiger partial charge in [-0.1, -0.05) is 19.4 Å². The molecule has 1 aliphatic carbocycles. The molecule has 0 spiro atoms. The predicted molar refractivity (Wildman–Crippen MR) is 80.0 cm³/mol. The zero-order valence-electron chi connectivity index (χ0n) is 12.8. The highest BCUT2D eigenvalue weighted by atomic mass is 19.2. The van der Waals surface area contributed by atoms with Gasteiger partial charge in [-0.25, -0.2) is 8.78 Å². The summed E-state index contributed by atoms with van der Waals surface area (Å²) in [7, 11) is 0. The largest absolute Gasteiger partial charge is 0.389 e. The molecule has 0 aromatic heterocycles. The van der Waals surface area contributed by atoms with Crippen molar-refractivity contribution in [3.8, 4) is 0 Å². The van der Waals surface area contributed by atoms with Gasteiger partial charge in [0.1, 0.15) is 0 Å². The van der Waals surface area contributed by atoms with Crippen molar-refractivity contribution in [1.82, 2.24) is 5.32 Å². The SMILES string of the molecule is CCC1CCC(O)(CNC(C)c2ccc(F)c(F)c2)CC1. The summed E-state index contributed by atoms with van der Waals surface area (Å²) in [6.45, 7) is 4.58. The van der Waals surface area contributed by atoms with E-state index in [4.69, 9.17) is 0 Å². The molecular weight excluding hydrogens is 272 g/mol. The summed E-state index contributed by atoms with van der Waals surface area (Å²) >= 11 is 0. The van der Waals surface area contributed by atoms with E-state index in [1.807, 2.05) is 6.92 Å². The molecule has 0 amide bonds. The van der Waals surface area contributed by atoms with Crippen LogP contribution in [0, 0.1) is 17.6 Å². The van der Waals surface area contributed by atoms with Crippen LogP contribution in [0.15, 0.2) is 18.2 Å². The lowest BCUT2D eigenvalue weighted by molar-refractivity contribution is -0.0103. The summed E-state index contributed by atoms with van der Waals surface area (Å²) in [5.41, 5.74) is 0.0261. The van der Waals surface area contributed by atoms with Gasteiger partial charge in [0.25, 0.3) is 0 Å². The van der Waals surface area contributed by atoms with Crippen molar-refractivity contribution in [2.75, 3.05) is 6.54 Å². The number of rotatable bonds is 5. The van der Waals surface area contributed by atoms with Crippen LogP contribution >= 0.6 is 0 Å². The van der Waals surface area contributed by atoms with Crippen LogP contribution in [0.3, 0.4) is 0 Å². The molecule has 1 aliphatic rings. The fourth-order valence-corrected chi connectivity index (χ4v) is 3.04. The second-order valence-corrected chi connectivity index (χ2v) is 6.35. The van der Waals surface area contributed by atoms with Crippen LogP contribution in [-0.4, -0.2) is 17.3 Å². The van der Waals surface area contributed by atoms with Gasteiger partial charge in [0.2, 0.25) is 0 Å². The molecule has 1 fully saturated rings. The molecule has 118 valence electrons. The zero-order valence-corrected chi connectivity index (χ0v) is 12.8. The molecule has 1 atom stereocenters. The van der Waals surface area contributed by atoms with Crippen molar-refractivity contribution in [1.29, 1.82) is 0 Å². The highest BCUT2D eigenvalue weighted by Gasteiger charge is 2.32. The van der Waals surface area contributed by atoms with Gasteiger partial charge in [-0.05, 0) is 56.2 Å². The Morgan fingerprint density at radius 3 is 2.52 bits per heavy atom. The molecule has 2 rings (SSSR count). The average Bonchev–Trinajstić information content (AvgIpc) is 2.48. The van der Waals surface area contributed by atoms with Crippen molar-refractivity contribution >= 4 is 0 Å². The van der Waals surface area contributed by atoms with Gasteiger partial charge in [-0.2, -0.15) is 0 Å². The third kappa shape index (κ3) is 4.24. The van der Waals surface area contributed by atoms with Crippen LogP contribution in [0.5, 0.6) is 0 Å². The second kappa shape index (κ2) is 6.84. The van der Waals surface area contributed by atoms with Gasteiger partial charge in [0.05, 0.1) is 5.60 Å². The number of halogens is 2. The third-order valence-corrected chi connectivity index (χ3v) is 4.79. The maximum atomic E-state index is 13.2. The summed E-state index contributed by atoms with van der Waals surface area (Å²) < 4.78 is 26.2. The van der Waals surface area contributed by atoms with Crippen molar-refractivity contribution in [2.45, 2.75) is 57.6 Å². The number of hydrogen-bond donors (Lipinski definition) is 2. The first-order chi connectivity index (χ1) is 9.93. The molecule has 2 nitrogen and oxygen atoms in total. The zero-order chi connectivity index (χ0) is 15.5. The van der Waals surface area contributed by atoms with E-state index in [-0.39, 0.29) is 6.04 Å². The molecule has 1 unspecified atom stereocenters. The van der Waals surface area contributed by atoms with E-state index in [9.17, 15) is 13.9 Å². The Labute approximate surface area is 125 Å². The van der Waals surface area contributed by atoms with Crippen LogP contribution < -0.4 is 5.32 Å². The molecule has 0 radical (unpaired) electrons. The van der Waals surface area contributed by atoms with Crippen LogP contribution in [0.25, 0.3) is 0 Å². The fourth-order valence-electron chi connectivity index (χ4n) is 3.04. The van der Waals surface area contributed by atoms with E-state index in [1.165, 1.54) is 12.5 Å². The molecule has 1 saturated carbocycles. The van der Waals surface area contributed by atoms with E-state index in [0.717, 1.165) is 37.7 Å². The van der Waals surface area contributed by atoms with Gasteiger partial charge in [0.15, 0.2) is 11.6 Å². The minimum atomic E-state index is -0.831. The molecule has 4 heteroatoms. The Kier molecular flexibility index (Phi) is 5.33. The van der Waals surface area contributed by atoms with Crippen LogP contribution in [0.1, 0.15) is 57.6 Å². The molecule has 2 N–H and O–H groups in total. The molecule has 0 aliphatic heterocycles. The molecule has 1 aromatic rings. The van der Waals surface area contributed by atoms with E-state index in [1.54, 1.807) is 6.07 Å². The van der Waals surface area contributed by atoms with Crippen molar-refractivity contribution in [3.63, 3.8) is 0 Å². The lowest BCUT2D eigenvalue weighted by Gasteiger charge is -2.36. The van der Waals surface area contributed by atoms with Crippen molar-refractivity contribution < 1.29 is 13.9 Å². The van der Waals surface area contributed by atoms with E-state index in [2.05, 4.69) is 12.2 Å². The van der Waals surface area contributed by atoms with Gasteiger partial charge in [0, 0.05) is 12.6 Å². The first kappa shape index (κ1) is 16.4. The van der Waals surface area contributed by atoms with Gasteiger partial charge < -0.3 is 10.4 Å².